The normalized spacial score (nSPS) is 28.8. The summed E-state index contributed by atoms with van der Waals surface area (Å²) in [6, 6.07) is 29.3. The summed E-state index contributed by atoms with van der Waals surface area (Å²) in [5, 5.41) is 21.8. The van der Waals surface area contributed by atoms with Crippen LogP contribution in [0.5, 0.6) is 0 Å². The fourth-order valence-corrected chi connectivity index (χ4v) is 4.99. The molecule has 2 saturated heterocycles. The highest BCUT2D eigenvalue weighted by atomic mass is 16.7. The van der Waals surface area contributed by atoms with Crippen molar-refractivity contribution in [1.29, 1.82) is 0 Å². The van der Waals surface area contributed by atoms with Crippen molar-refractivity contribution in [3.63, 3.8) is 0 Å². The first-order valence-corrected chi connectivity index (χ1v) is 13.9. The highest BCUT2D eigenvalue weighted by Gasteiger charge is 2.49. The average molecular weight is 551 g/mol. The van der Waals surface area contributed by atoms with E-state index >= 15 is 0 Å². The van der Waals surface area contributed by atoms with Crippen LogP contribution in [0, 0.1) is 0 Å². The molecule has 5 rings (SSSR count). The number of aliphatic hydroxyl groups is 2. The van der Waals surface area contributed by atoms with Gasteiger partial charge in [0.1, 0.15) is 30.5 Å². The van der Waals surface area contributed by atoms with Gasteiger partial charge in [-0.2, -0.15) is 0 Å². The van der Waals surface area contributed by atoms with Crippen LogP contribution in [0.4, 0.5) is 0 Å². The van der Waals surface area contributed by atoms with Crippen LogP contribution in [0.25, 0.3) is 0 Å². The van der Waals surface area contributed by atoms with E-state index in [1.807, 2.05) is 91.0 Å². The van der Waals surface area contributed by atoms with E-state index in [1.165, 1.54) is 0 Å². The summed E-state index contributed by atoms with van der Waals surface area (Å²) in [5.41, 5.74) is 2.94. The summed E-state index contributed by atoms with van der Waals surface area (Å²) in [4.78, 5) is 0. The fraction of sp³-hybridized carbons (Fsp3) is 0.438. The molecule has 8 nitrogen and oxygen atoms in total. The average Bonchev–Trinajstić information content (AvgIpc) is 2.99. The van der Waals surface area contributed by atoms with Crippen molar-refractivity contribution in [1.82, 2.24) is 0 Å². The lowest BCUT2D eigenvalue weighted by Gasteiger charge is -2.46. The lowest BCUT2D eigenvalue weighted by molar-refractivity contribution is -0.344. The Balaban J connectivity index is 1.37. The Labute approximate surface area is 235 Å². The van der Waals surface area contributed by atoms with Gasteiger partial charge in [-0.05, 0) is 29.5 Å². The predicted octanol–water partition coefficient (Wildman–Crippen LogP) is 3.97. The Morgan fingerprint density at radius 2 is 1.23 bits per heavy atom. The molecule has 2 aliphatic heterocycles. The molecule has 2 N–H and O–H groups in total. The Morgan fingerprint density at radius 3 is 1.80 bits per heavy atom. The third-order valence-corrected chi connectivity index (χ3v) is 7.11. The van der Waals surface area contributed by atoms with Crippen molar-refractivity contribution in [2.75, 3.05) is 13.2 Å². The van der Waals surface area contributed by atoms with Crippen LogP contribution >= 0.6 is 0 Å². The zero-order chi connectivity index (χ0) is 27.6. The Morgan fingerprint density at radius 1 is 0.675 bits per heavy atom. The molecular weight excluding hydrogens is 512 g/mol. The molecule has 3 aromatic rings. The van der Waals surface area contributed by atoms with E-state index in [-0.39, 0.29) is 19.8 Å². The minimum absolute atomic E-state index is 0.135. The van der Waals surface area contributed by atoms with Gasteiger partial charge in [0.05, 0.1) is 26.4 Å². The third-order valence-electron chi connectivity index (χ3n) is 7.11. The van der Waals surface area contributed by atoms with Gasteiger partial charge in [-0.3, -0.25) is 0 Å². The van der Waals surface area contributed by atoms with E-state index < -0.39 is 43.1 Å². The Bertz CT molecular complexity index is 1120. The zero-order valence-electron chi connectivity index (χ0n) is 22.5. The second-order valence-corrected chi connectivity index (χ2v) is 10.1. The summed E-state index contributed by atoms with van der Waals surface area (Å²) in [7, 11) is 0. The molecule has 0 aromatic heterocycles. The number of benzene rings is 3. The lowest BCUT2D eigenvalue weighted by atomic mass is 9.97. The molecule has 2 fully saturated rings. The van der Waals surface area contributed by atoms with Crippen LogP contribution in [0.2, 0.25) is 0 Å². The minimum Gasteiger partial charge on any atom is -0.388 e. The van der Waals surface area contributed by atoms with E-state index in [2.05, 4.69) is 0 Å². The van der Waals surface area contributed by atoms with E-state index in [0.29, 0.717) is 19.6 Å². The van der Waals surface area contributed by atoms with Crippen LogP contribution in [-0.4, -0.2) is 66.5 Å². The fourth-order valence-electron chi connectivity index (χ4n) is 4.99. The number of ether oxygens (including phenoxy) is 6. The predicted molar refractivity (Wildman–Crippen MR) is 147 cm³/mol. The van der Waals surface area contributed by atoms with Crippen molar-refractivity contribution in [3.8, 4) is 0 Å². The SMILES string of the molecule is O[C@@H]1CCCO[C@@H]1O[C@H]1[C@H](OCc2ccccc2)[C@H](OCc2ccccc2)[C@@H](O)O[C@@H]1COCc1ccccc1. The highest BCUT2D eigenvalue weighted by molar-refractivity contribution is 5.15. The van der Waals surface area contributed by atoms with E-state index in [9.17, 15) is 10.2 Å². The van der Waals surface area contributed by atoms with Crippen molar-refractivity contribution >= 4 is 0 Å². The van der Waals surface area contributed by atoms with Crippen molar-refractivity contribution in [2.24, 2.45) is 0 Å². The van der Waals surface area contributed by atoms with Gasteiger partial charge < -0.3 is 38.6 Å². The standard InChI is InChI=1S/C32H38O8/c33-26-17-10-18-36-32(26)40-28-27(22-35-19-23-11-4-1-5-12-23)39-31(34)30(38-21-25-15-8-3-9-16-25)29(28)37-20-24-13-6-2-7-14-24/h1-9,11-16,26-34H,10,17-22H2/t26-,27-,28-,29+,30+,31+,32-/m1/s1. The quantitative estimate of drug-likeness (QED) is 0.350. The molecule has 2 heterocycles. The molecule has 214 valence electrons. The van der Waals surface area contributed by atoms with Crippen LogP contribution in [0.15, 0.2) is 91.0 Å². The van der Waals surface area contributed by atoms with Gasteiger partial charge in [-0.25, -0.2) is 0 Å². The van der Waals surface area contributed by atoms with Gasteiger partial charge >= 0.3 is 0 Å². The van der Waals surface area contributed by atoms with Gasteiger partial charge in [0.2, 0.25) is 0 Å². The number of hydrogen-bond donors (Lipinski definition) is 2. The second kappa shape index (κ2) is 14.8. The lowest BCUT2D eigenvalue weighted by Crippen LogP contribution is -2.62. The monoisotopic (exact) mass is 550 g/mol. The summed E-state index contributed by atoms with van der Waals surface area (Å²) in [5.74, 6) is 0. The first-order valence-electron chi connectivity index (χ1n) is 13.9. The molecule has 3 aromatic carbocycles. The summed E-state index contributed by atoms with van der Waals surface area (Å²) >= 11 is 0. The molecule has 8 heteroatoms. The zero-order valence-corrected chi connectivity index (χ0v) is 22.5. The maximum absolute atomic E-state index is 11.2. The molecule has 0 spiro atoms. The topological polar surface area (TPSA) is 95.8 Å². The van der Waals surface area contributed by atoms with E-state index in [0.717, 1.165) is 23.1 Å². The third kappa shape index (κ3) is 7.96. The van der Waals surface area contributed by atoms with E-state index in [1.54, 1.807) is 0 Å². The van der Waals surface area contributed by atoms with Crippen LogP contribution in [0.3, 0.4) is 0 Å². The molecule has 0 unspecified atom stereocenters. The second-order valence-electron chi connectivity index (χ2n) is 10.1. The maximum atomic E-state index is 11.2. The largest absolute Gasteiger partial charge is 0.388 e. The Hall–Kier alpha value is -2.66. The maximum Gasteiger partial charge on any atom is 0.184 e. The summed E-state index contributed by atoms with van der Waals surface area (Å²) in [6.45, 7) is 1.51. The molecule has 7 atom stereocenters. The first kappa shape index (κ1) is 28.9. The van der Waals surface area contributed by atoms with Gasteiger partial charge in [0, 0.05) is 6.61 Å². The molecule has 0 saturated carbocycles. The van der Waals surface area contributed by atoms with Gasteiger partial charge in [-0.1, -0.05) is 91.0 Å². The van der Waals surface area contributed by atoms with Gasteiger partial charge in [0.25, 0.3) is 0 Å². The molecule has 0 amide bonds. The highest BCUT2D eigenvalue weighted by Crippen LogP contribution is 2.31. The van der Waals surface area contributed by atoms with Crippen molar-refractivity contribution in [3.05, 3.63) is 108 Å². The molecular formula is C32H38O8. The number of aliphatic hydroxyl groups excluding tert-OH is 2. The molecule has 0 radical (unpaired) electrons. The minimum atomic E-state index is -1.29. The van der Waals surface area contributed by atoms with Crippen LogP contribution in [-0.2, 0) is 48.2 Å². The summed E-state index contributed by atoms with van der Waals surface area (Å²) < 4.78 is 36.9. The number of rotatable bonds is 12. The van der Waals surface area contributed by atoms with Crippen molar-refractivity contribution in [2.45, 2.75) is 75.8 Å². The number of hydrogen-bond acceptors (Lipinski definition) is 8. The van der Waals surface area contributed by atoms with Crippen molar-refractivity contribution < 1.29 is 38.6 Å². The van der Waals surface area contributed by atoms with E-state index in [4.69, 9.17) is 28.4 Å². The van der Waals surface area contributed by atoms with Gasteiger partial charge in [0.15, 0.2) is 12.6 Å². The Kier molecular flexibility index (Phi) is 10.7. The smallest absolute Gasteiger partial charge is 0.184 e. The molecule has 40 heavy (non-hydrogen) atoms. The van der Waals surface area contributed by atoms with Gasteiger partial charge in [-0.15, -0.1) is 0 Å². The van der Waals surface area contributed by atoms with Crippen LogP contribution < -0.4 is 0 Å². The molecule has 0 bridgehead atoms. The first-order chi connectivity index (χ1) is 19.7. The summed E-state index contributed by atoms with van der Waals surface area (Å²) in [6.07, 6.45) is -4.66. The molecule has 0 aliphatic carbocycles. The van der Waals surface area contributed by atoms with Crippen LogP contribution in [0.1, 0.15) is 29.5 Å². The molecule has 2 aliphatic rings.